The van der Waals surface area contributed by atoms with Gasteiger partial charge in [0, 0.05) is 5.69 Å². The zero-order valence-electron chi connectivity index (χ0n) is 13.7. The number of nitrogens with two attached hydrogens (primary N) is 1. The zero-order chi connectivity index (χ0) is 19.2. The van der Waals surface area contributed by atoms with Gasteiger partial charge in [0.25, 0.3) is 0 Å². The van der Waals surface area contributed by atoms with Gasteiger partial charge in [0.2, 0.25) is 0 Å². The van der Waals surface area contributed by atoms with Crippen molar-refractivity contribution in [2.24, 2.45) is 0 Å². The molecule has 0 aliphatic carbocycles. The molecule has 0 radical (unpaired) electrons. The summed E-state index contributed by atoms with van der Waals surface area (Å²) in [7, 11) is -1.34. The molecule has 0 aromatic heterocycles. The van der Waals surface area contributed by atoms with Crippen LogP contribution in [0.5, 0.6) is 0 Å². The Morgan fingerprint density at radius 2 is 1.31 bits per heavy atom. The maximum absolute atomic E-state index is 12.9. The minimum absolute atomic E-state index is 0.108. The van der Waals surface area contributed by atoms with E-state index in [2.05, 4.69) is 0 Å². The van der Waals surface area contributed by atoms with Crippen LogP contribution in [0.3, 0.4) is 0 Å². The Balaban J connectivity index is 0.000000228. The summed E-state index contributed by atoms with van der Waals surface area (Å²) in [5, 5.41) is 17.2. The zero-order valence-corrected chi connectivity index (χ0v) is 13.7. The molecule has 3 rings (SSSR count). The van der Waals surface area contributed by atoms with E-state index < -0.39 is 18.9 Å². The van der Waals surface area contributed by atoms with Gasteiger partial charge in [-0.15, -0.1) is 0 Å². The van der Waals surface area contributed by atoms with Gasteiger partial charge in [-0.2, -0.15) is 13.2 Å². The number of alkyl halides is 3. The minimum atomic E-state index is -4.40. The Hall–Kier alpha value is -2.77. The summed E-state index contributed by atoms with van der Waals surface area (Å²) in [6.45, 7) is 0. The maximum atomic E-state index is 12.9. The van der Waals surface area contributed by atoms with Crippen LogP contribution in [0.4, 0.5) is 18.9 Å². The molecule has 26 heavy (non-hydrogen) atoms. The first kappa shape index (κ1) is 19.6. The summed E-state index contributed by atoms with van der Waals surface area (Å²) >= 11 is 0. The molecule has 0 spiro atoms. The molecule has 4 N–H and O–H groups in total. The Morgan fingerprint density at radius 3 is 1.77 bits per heavy atom. The van der Waals surface area contributed by atoms with Crippen molar-refractivity contribution in [2.75, 3.05) is 5.73 Å². The van der Waals surface area contributed by atoms with E-state index in [0.29, 0.717) is 11.0 Å². The molecule has 0 amide bonds. The predicted molar refractivity (Wildman–Crippen MR) is 97.6 cm³/mol. The average Bonchev–Trinajstić information content (AvgIpc) is 2.63. The van der Waals surface area contributed by atoms with Crippen molar-refractivity contribution < 1.29 is 23.2 Å². The van der Waals surface area contributed by atoms with E-state index in [0.717, 1.165) is 6.07 Å². The van der Waals surface area contributed by atoms with Crippen molar-refractivity contribution in [1.82, 2.24) is 0 Å². The molecular weight excluding hydrogens is 342 g/mol. The smallest absolute Gasteiger partial charge is 0.423 e. The number of hydrogen-bond acceptors (Lipinski definition) is 3. The second-order valence-corrected chi connectivity index (χ2v) is 5.45. The van der Waals surface area contributed by atoms with Gasteiger partial charge in [-0.3, -0.25) is 0 Å². The molecule has 0 saturated carbocycles. The van der Waals surface area contributed by atoms with Crippen LogP contribution in [0.1, 0.15) is 5.56 Å². The quantitative estimate of drug-likeness (QED) is 0.486. The van der Waals surface area contributed by atoms with E-state index in [-0.39, 0.29) is 11.3 Å². The average molecular weight is 359 g/mol. The number of benzene rings is 3. The number of halogens is 3. The van der Waals surface area contributed by atoms with Crippen molar-refractivity contribution >= 4 is 18.3 Å². The molecule has 3 aromatic carbocycles. The molecule has 134 valence electrons. The predicted octanol–water partition coefficient (Wildman–Crippen LogP) is 3.32. The maximum Gasteiger partial charge on any atom is 0.488 e. The van der Waals surface area contributed by atoms with Crippen LogP contribution in [0, 0.1) is 0 Å². The van der Waals surface area contributed by atoms with Crippen molar-refractivity contribution in [3.8, 4) is 11.1 Å². The highest BCUT2D eigenvalue weighted by Gasteiger charge is 2.33. The van der Waals surface area contributed by atoms with Crippen LogP contribution in [-0.2, 0) is 6.18 Å². The van der Waals surface area contributed by atoms with Gasteiger partial charge in [-0.25, -0.2) is 0 Å². The summed E-state index contributed by atoms with van der Waals surface area (Å²) in [4.78, 5) is 0. The van der Waals surface area contributed by atoms with Gasteiger partial charge in [-0.1, -0.05) is 66.7 Å². The lowest BCUT2D eigenvalue weighted by Crippen LogP contribution is -2.29. The van der Waals surface area contributed by atoms with Crippen LogP contribution >= 0.6 is 0 Å². The van der Waals surface area contributed by atoms with Crippen LogP contribution < -0.4 is 11.2 Å². The fourth-order valence-electron chi connectivity index (χ4n) is 2.29. The topological polar surface area (TPSA) is 66.5 Å². The highest BCUT2D eigenvalue weighted by molar-refractivity contribution is 6.58. The van der Waals surface area contributed by atoms with Crippen molar-refractivity contribution in [3.63, 3.8) is 0 Å². The van der Waals surface area contributed by atoms with Crippen LogP contribution in [0.15, 0.2) is 78.9 Å². The molecule has 7 heteroatoms. The third-order valence-corrected chi connectivity index (χ3v) is 3.53. The van der Waals surface area contributed by atoms with Gasteiger partial charge >= 0.3 is 13.3 Å². The first-order valence-electron chi connectivity index (χ1n) is 7.72. The van der Waals surface area contributed by atoms with Gasteiger partial charge < -0.3 is 15.8 Å². The second-order valence-electron chi connectivity index (χ2n) is 5.45. The lowest BCUT2D eigenvalue weighted by molar-refractivity contribution is -0.137. The number of rotatable bonds is 2. The van der Waals surface area contributed by atoms with E-state index in [1.54, 1.807) is 54.6 Å². The monoisotopic (exact) mass is 359 g/mol. The third-order valence-electron chi connectivity index (χ3n) is 3.53. The first-order chi connectivity index (χ1) is 12.3. The van der Waals surface area contributed by atoms with Crippen LogP contribution in [0.2, 0.25) is 0 Å². The van der Waals surface area contributed by atoms with Crippen LogP contribution in [0.25, 0.3) is 11.1 Å². The molecule has 0 atom stereocenters. The van der Waals surface area contributed by atoms with Gasteiger partial charge in [0.1, 0.15) is 0 Å². The Labute approximate surface area is 149 Å². The molecule has 3 aromatic rings. The summed E-state index contributed by atoms with van der Waals surface area (Å²) in [5.74, 6) is 0. The molecule has 0 aliphatic heterocycles. The Kier molecular flexibility index (Phi) is 6.44. The largest absolute Gasteiger partial charge is 0.488 e. The number of hydrogen-bond donors (Lipinski definition) is 3. The van der Waals surface area contributed by atoms with Crippen molar-refractivity contribution in [1.29, 1.82) is 0 Å². The minimum Gasteiger partial charge on any atom is -0.423 e. The van der Waals surface area contributed by atoms with Crippen molar-refractivity contribution in [2.45, 2.75) is 6.18 Å². The van der Waals surface area contributed by atoms with Crippen LogP contribution in [-0.4, -0.2) is 17.2 Å². The van der Waals surface area contributed by atoms with E-state index in [1.165, 1.54) is 12.1 Å². The molecule has 0 bridgehead atoms. The molecule has 0 unspecified atom stereocenters. The SMILES string of the molecule is Nc1ccc(-c2ccccc2)c(C(F)(F)F)c1.OB(O)c1ccccc1. The lowest BCUT2D eigenvalue weighted by atomic mass is 9.81. The molecule has 0 heterocycles. The molecule has 0 saturated heterocycles. The lowest BCUT2D eigenvalue weighted by Gasteiger charge is -2.13. The Bertz CT molecular complexity index is 825. The molecule has 3 nitrogen and oxygen atoms in total. The highest BCUT2D eigenvalue weighted by atomic mass is 19.4. The standard InChI is InChI=1S/C13H10F3N.C6H7BO2/c14-13(15,16)12-8-10(17)6-7-11(12)9-4-2-1-3-5-9;8-7(9)6-4-2-1-3-5-6/h1-8H,17H2;1-5,8-9H. The Morgan fingerprint density at radius 1 is 0.769 bits per heavy atom. The first-order valence-corrected chi connectivity index (χ1v) is 7.72. The van der Waals surface area contributed by atoms with E-state index in [4.69, 9.17) is 15.8 Å². The van der Waals surface area contributed by atoms with Crippen molar-refractivity contribution in [3.05, 3.63) is 84.4 Å². The molecule has 0 fully saturated rings. The normalized spacial score (nSPS) is 10.7. The van der Waals surface area contributed by atoms with E-state index >= 15 is 0 Å². The summed E-state index contributed by atoms with van der Waals surface area (Å²) < 4.78 is 38.6. The second kappa shape index (κ2) is 8.55. The van der Waals surface area contributed by atoms with Gasteiger partial charge in [-0.05, 0) is 28.7 Å². The highest BCUT2D eigenvalue weighted by Crippen LogP contribution is 2.37. The number of nitrogen functional groups attached to an aromatic ring is 1. The fourth-order valence-corrected chi connectivity index (χ4v) is 2.29. The third kappa shape index (κ3) is 5.37. The van der Waals surface area contributed by atoms with Gasteiger partial charge in [0.05, 0.1) is 5.56 Å². The number of anilines is 1. The van der Waals surface area contributed by atoms with E-state index in [1.807, 2.05) is 6.07 Å². The van der Waals surface area contributed by atoms with E-state index in [9.17, 15) is 13.2 Å². The summed E-state index contributed by atoms with van der Waals surface area (Å²) in [6.07, 6.45) is -4.40. The fraction of sp³-hybridized carbons (Fsp3) is 0.0526. The summed E-state index contributed by atoms with van der Waals surface area (Å²) in [5.41, 5.74) is 6.00. The molecular formula is C19H17BF3NO2. The van der Waals surface area contributed by atoms with Gasteiger partial charge in [0.15, 0.2) is 0 Å². The molecule has 0 aliphatic rings. The summed E-state index contributed by atoms with van der Waals surface area (Å²) in [6, 6.07) is 20.9.